The van der Waals surface area contributed by atoms with E-state index in [1.54, 1.807) is 0 Å². The first-order valence-corrected chi connectivity index (χ1v) is 8.88. The molecule has 4 aliphatic rings. The van der Waals surface area contributed by atoms with Gasteiger partial charge in [-0.25, -0.2) is 18.6 Å². The van der Waals surface area contributed by atoms with Crippen LogP contribution >= 0.6 is 8.38 Å². The highest BCUT2D eigenvalue weighted by atomic mass is 31.2. The Hall–Kier alpha value is -1.99. The second-order valence-electron chi connectivity index (χ2n) is 6.47. The van der Waals surface area contributed by atoms with E-state index in [1.165, 1.54) is 0 Å². The summed E-state index contributed by atoms with van der Waals surface area (Å²) in [5.74, 6) is -4.20. The third-order valence-corrected chi connectivity index (χ3v) is 5.39. The van der Waals surface area contributed by atoms with Gasteiger partial charge in [-0.1, -0.05) is 0 Å². The van der Waals surface area contributed by atoms with Crippen LogP contribution in [-0.2, 0) is 14.3 Å². The van der Waals surface area contributed by atoms with Gasteiger partial charge >= 0.3 is 5.71 Å². The number of ether oxygens (including phenoxy) is 2. The molecule has 0 aromatic carbocycles. The molecule has 1 saturated heterocycles. The summed E-state index contributed by atoms with van der Waals surface area (Å²) in [6.07, 6.45) is -6.04. The Bertz CT molecular complexity index is 766. The number of hydrogen-bond acceptors (Lipinski definition) is 11. The highest BCUT2D eigenvalue weighted by Gasteiger charge is 2.85. The van der Waals surface area contributed by atoms with Crippen LogP contribution in [0, 0.1) is 5.41 Å². The van der Waals surface area contributed by atoms with Crippen molar-refractivity contribution in [1.82, 2.24) is 10.2 Å². The average Bonchev–Trinajstić information content (AvgIpc) is 2.85. The van der Waals surface area contributed by atoms with Crippen LogP contribution in [0.5, 0.6) is 0 Å². The number of alkyl halides is 2. The molecule has 3 aliphatic heterocycles. The first-order chi connectivity index (χ1) is 12.6. The number of hydrogen-bond donors (Lipinski definition) is 5. The minimum absolute atomic E-state index is 0.218. The lowest BCUT2D eigenvalue weighted by Gasteiger charge is -2.32. The van der Waals surface area contributed by atoms with Crippen molar-refractivity contribution in [2.45, 2.75) is 43.2 Å². The van der Waals surface area contributed by atoms with E-state index < -0.39 is 68.6 Å². The summed E-state index contributed by atoms with van der Waals surface area (Å²) in [6.45, 7) is 0. The van der Waals surface area contributed by atoms with Gasteiger partial charge in [0, 0.05) is 6.42 Å². The van der Waals surface area contributed by atoms with Crippen molar-refractivity contribution in [3.05, 3.63) is 0 Å². The lowest BCUT2D eigenvalue weighted by molar-refractivity contribution is -0.151. The maximum atomic E-state index is 14.0. The van der Waals surface area contributed by atoms with E-state index in [4.69, 9.17) is 20.3 Å². The van der Waals surface area contributed by atoms with Gasteiger partial charge in [0.15, 0.2) is 24.4 Å². The fourth-order valence-electron chi connectivity index (χ4n) is 3.51. The minimum Gasteiger partial charge on any atom is -0.428 e. The molecular weight excluding hydrogens is 395 g/mol. The summed E-state index contributed by atoms with van der Waals surface area (Å²) in [4.78, 5) is 50.1. The molecule has 1 aliphatic carbocycles. The van der Waals surface area contributed by atoms with E-state index in [-0.39, 0.29) is 5.96 Å². The van der Waals surface area contributed by atoms with Crippen LogP contribution in [-0.4, -0.2) is 80.5 Å². The standard InChI is InChI=1S/C12H14F2N5O7P/c13-12(14)1-11(12)4(20)7(25-8(11)26-10(22)27(23)24)19-2-16-3-5(19)17-9(15)18-6(3)21/h2-5,7-8,20,23-24H,1H2,(H3,15,17,18,21)/t3?,4-,5?,7+,8+,11?/m0/s1. The van der Waals surface area contributed by atoms with E-state index in [0.29, 0.717) is 0 Å². The first-order valence-electron chi connectivity index (χ1n) is 7.63. The smallest absolute Gasteiger partial charge is 0.385 e. The molecule has 0 radical (unpaired) electrons. The van der Waals surface area contributed by atoms with Crippen LogP contribution in [0.1, 0.15) is 6.42 Å². The van der Waals surface area contributed by atoms with Gasteiger partial charge < -0.3 is 35.0 Å². The molecule has 3 unspecified atom stereocenters. The number of halogens is 2. The van der Waals surface area contributed by atoms with Gasteiger partial charge in [-0.3, -0.25) is 15.1 Å². The maximum absolute atomic E-state index is 14.0. The molecule has 27 heavy (non-hydrogen) atoms. The molecule has 0 aromatic rings. The molecule has 15 heteroatoms. The molecule has 0 aromatic heterocycles. The van der Waals surface area contributed by atoms with Crippen molar-refractivity contribution in [2.75, 3.05) is 0 Å². The van der Waals surface area contributed by atoms with E-state index in [0.717, 1.165) is 11.2 Å². The summed E-state index contributed by atoms with van der Waals surface area (Å²) in [6, 6.07) is -1.02. The number of carbonyl (C=O) groups excluding carboxylic acids is 2. The highest BCUT2D eigenvalue weighted by molar-refractivity contribution is 7.63. The van der Waals surface area contributed by atoms with Gasteiger partial charge in [-0.05, 0) is 0 Å². The fourth-order valence-corrected chi connectivity index (χ4v) is 3.70. The minimum atomic E-state index is -3.41. The van der Waals surface area contributed by atoms with Gasteiger partial charge in [0.05, 0.1) is 6.34 Å². The fraction of sp³-hybridized carbons (Fsp3) is 0.667. The van der Waals surface area contributed by atoms with Crippen molar-refractivity contribution in [2.24, 2.45) is 21.1 Å². The molecule has 1 saturated carbocycles. The molecule has 12 nitrogen and oxygen atoms in total. The second-order valence-corrected chi connectivity index (χ2v) is 7.42. The second kappa shape index (κ2) is 5.75. The van der Waals surface area contributed by atoms with E-state index in [9.17, 15) is 23.5 Å². The Balaban J connectivity index is 1.62. The lowest BCUT2D eigenvalue weighted by atomic mass is 9.98. The summed E-state index contributed by atoms with van der Waals surface area (Å²) < 4.78 is 38.1. The zero-order valence-corrected chi connectivity index (χ0v) is 14.2. The zero-order chi connectivity index (χ0) is 19.7. The van der Waals surface area contributed by atoms with Gasteiger partial charge in [-0.2, -0.15) is 0 Å². The van der Waals surface area contributed by atoms with Crippen LogP contribution < -0.4 is 11.1 Å². The van der Waals surface area contributed by atoms with Gasteiger partial charge in [-0.15, -0.1) is 0 Å². The van der Waals surface area contributed by atoms with Crippen LogP contribution in [0.15, 0.2) is 9.98 Å². The van der Waals surface area contributed by atoms with Crippen molar-refractivity contribution in [3.63, 3.8) is 0 Å². The summed E-state index contributed by atoms with van der Waals surface area (Å²) in [7, 11) is -3.18. The molecule has 4 rings (SSSR count). The van der Waals surface area contributed by atoms with Crippen molar-refractivity contribution < 1.29 is 42.7 Å². The van der Waals surface area contributed by atoms with Crippen LogP contribution in [0.4, 0.5) is 13.6 Å². The zero-order valence-electron chi connectivity index (χ0n) is 13.3. The predicted octanol–water partition coefficient (Wildman–Crippen LogP) is -2.03. The number of nitrogens with one attached hydrogen (secondary N) is 1. The molecule has 1 spiro atoms. The average molecular weight is 409 g/mol. The number of amides is 1. The number of fused-ring (bicyclic) bond motifs is 1. The number of rotatable bonds is 3. The Morgan fingerprint density at radius 2 is 2.19 bits per heavy atom. The molecule has 6 atom stereocenters. The number of nitrogens with zero attached hydrogens (tertiary/aromatic N) is 3. The van der Waals surface area contributed by atoms with Crippen LogP contribution in [0.2, 0.25) is 0 Å². The molecule has 1 amide bonds. The van der Waals surface area contributed by atoms with E-state index in [2.05, 4.69) is 20.0 Å². The first kappa shape index (κ1) is 18.4. The topological polar surface area (TPSA) is 179 Å². The summed E-state index contributed by atoms with van der Waals surface area (Å²) in [5.41, 5.74) is 1.70. The molecular formula is C12H14F2N5O7P. The van der Waals surface area contributed by atoms with Crippen molar-refractivity contribution in [3.8, 4) is 0 Å². The quantitative estimate of drug-likeness (QED) is 0.329. The summed E-state index contributed by atoms with van der Waals surface area (Å²) in [5, 5.41) is 12.8. The van der Waals surface area contributed by atoms with E-state index >= 15 is 0 Å². The van der Waals surface area contributed by atoms with E-state index in [1.807, 2.05) is 0 Å². The third kappa shape index (κ3) is 2.51. The molecule has 6 N–H and O–H groups in total. The van der Waals surface area contributed by atoms with Crippen LogP contribution in [0.25, 0.3) is 0 Å². The van der Waals surface area contributed by atoms with Crippen molar-refractivity contribution >= 4 is 32.3 Å². The Kier molecular flexibility index (Phi) is 3.92. The largest absolute Gasteiger partial charge is 0.428 e. The number of carbonyl (C=O) groups is 2. The normalized spacial score (nSPS) is 41.6. The van der Waals surface area contributed by atoms with Crippen molar-refractivity contribution in [1.29, 1.82) is 0 Å². The Labute approximate surface area is 150 Å². The van der Waals surface area contributed by atoms with Gasteiger partial charge in [0.2, 0.25) is 6.29 Å². The highest BCUT2D eigenvalue weighted by Crippen LogP contribution is 2.69. The molecule has 0 bridgehead atoms. The maximum Gasteiger partial charge on any atom is 0.385 e. The van der Waals surface area contributed by atoms with Gasteiger partial charge in [0.1, 0.15) is 11.5 Å². The predicted molar refractivity (Wildman–Crippen MR) is 82.2 cm³/mol. The molecule has 3 heterocycles. The SMILES string of the molecule is NC1=NC2C(N=CN2[C@@H]2O[C@H](OC(=O)P(O)O)C3(CC3(F)F)[C@H]2O)C(=O)N1. The Morgan fingerprint density at radius 1 is 1.52 bits per heavy atom. The number of aliphatic imine (C=N–C) groups is 2. The van der Waals surface area contributed by atoms with Gasteiger partial charge in [0.25, 0.3) is 20.2 Å². The number of aliphatic hydroxyl groups excluding tert-OH is 1. The number of guanidine groups is 1. The lowest BCUT2D eigenvalue weighted by Crippen LogP contribution is -2.56. The number of aliphatic hydroxyl groups is 1. The Morgan fingerprint density at radius 3 is 2.78 bits per heavy atom. The monoisotopic (exact) mass is 409 g/mol. The third-order valence-electron chi connectivity index (χ3n) is 4.96. The summed E-state index contributed by atoms with van der Waals surface area (Å²) >= 11 is 0. The molecule has 148 valence electrons. The number of nitrogens with two attached hydrogens (primary N) is 1. The van der Waals surface area contributed by atoms with Crippen LogP contribution in [0.3, 0.4) is 0 Å². The molecule has 2 fully saturated rings.